The molecule has 3 aromatic carbocycles. The van der Waals surface area contributed by atoms with Gasteiger partial charge in [0.25, 0.3) is 0 Å². The Kier molecular flexibility index (Phi) is 8.07. The monoisotopic (exact) mass is 542 g/mol. The molecule has 0 aliphatic rings. The van der Waals surface area contributed by atoms with Crippen molar-refractivity contribution in [1.82, 2.24) is 0 Å². The molecule has 37 heavy (non-hydrogen) atoms. The van der Waals surface area contributed by atoms with Crippen molar-refractivity contribution < 1.29 is 27.1 Å². The van der Waals surface area contributed by atoms with E-state index in [4.69, 9.17) is 4.55 Å². The number of benzene rings is 3. The summed E-state index contributed by atoms with van der Waals surface area (Å²) in [7, 11) is -3.65. The summed E-state index contributed by atoms with van der Waals surface area (Å²) in [4.78, 5) is 36.9. The molecule has 0 radical (unpaired) electrons. The van der Waals surface area contributed by atoms with E-state index in [0.717, 1.165) is 5.41 Å². The van der Waals surface area contributed by atoms with Gasteiger partial charge in [0.15, 0.2) is 26.3 Å². The number of hydrogen-bond acceptors (Lipinski definition) is 10. The van der Waals surface area contributed by atoms with E-state index < -0.39 is 54.0 Å². The third-order valence-corrected chi connectivity index (χ3v) is 6.86. The zero-order valence-corrected chi connectivity index (χ0v) is 20.4. The summed E-state index contributed by atoms with van der Waals surface area (Å²) in [5.41, 5.74) is 3.18. The number of carboxylic acid groups (broad SMARTS) is 1. The van der Waals surface area contributed by atoms with Gasteiger partial charge in [-0.2, -0.15) is 10.2 Å². The van der Waals surface area contributed by atoms with Gasteiger partial charge in [-0.3, -0.25) is 20.4 Å². The molecule has 0 saturated heterocycles. The molecule has 3 aromatic rings. The van der Waals surface area contributed by atoms with Crippen molar-refractivity contribution in [3.63, 3.8) is 0 Å². The van der Waals surface area contributed by atoms with Crippen LogP contribution in [0.3, 0.4) is 0 Å². The highest BCUT2D eigenvalue weighted by Gasteiger charge is 2.15. The SMILES string of the molecule is C=CS(=O)(=O)c1ccc(NN=c2c(=O)cc(C(=O)O)c(=NNc3ccc(C(=C)S(=O)O)cc3)c2=O)cc1. The van der Waals surface area contributed by atoms with Gasteiger partial charge in [0, 0.05) is 11.5 Å². The molecule has 0 spiro atoms. The maximum absolute atomic E-state index is 12.9. The summed E-state index contributed by atoms with van der Waals surface area (Å²) < 4.78 is 43.8. The van der Waals surface area contributed by atoms with Crippen molar-refractivity contribution in [3.05, 3.63) is 115 Å². The van der Waals surface area contributed by atoms with E-state index in [2.05, 4.69) is 34.2 Å². The van der Waals surface area contributed by atoms with Crippen LogP contribution in [0.4, 0.5) is 11.4 Å². The summed E-state index contributed by atoms with van der Waals surface area (Å²) in [5, 5.41) is 16.6. The van der Waals surface area contributed by atoms with Crippen LogP contribution in [0.25, 0.3) is 4.91 Å². The number of hydrogen-bond donors (Lipinski definition) is 4. The van der Waals surface area contributed by atoms with Crippen LogP contribution in [0, 0.1) is 0 Å². The first-order chi connectivity index (χ1) is 17.4. The molecule has 0 saturated carbocycles. The molecular weight excluding hydrogens is 524 g/mol. The van der Waals surface area contributed by atoms with Gasteiger partial charge in [0.05, 0.1) is 26.7 Å². The molecule has 12 nitrogen and oxygen atoms in total. The van der Waals surface area contributed by atoms with E-state index in [0.29, 0.717) is 17.3 Å². The van der Waals surface area contributed by atoms with Crippen molar-refractivity contribution in [3.8, 4) is 0 Å². The lowest BCUT2D eigenvalue weighted by Gasteiger charge is -2.04. The van der Waals surface area contributed by atoms with E-state index in [9.17, 15) is 32.1 Å². The Hall–Kier alpha value is -4.53. The second-order valence-electron chi connectivity index (χ2n) is 7.19. The Bertz CT molecular complexity index is 1760. The molecule has 3 rings (SSSR count). The first-order valence-corrected chi connectivity index (χ1v) is 12.7. The van der Waals surface area contributed by atoms with Crippen LogP contribution < -0.4 is 32.4 Å². The number of carbonyl (C=O) groups is 1. The Balaban J connectivity index is 2.00. The molecule has 0 amide bonds. The Morgan fingerprint density at radius 1 is 0.946 bits per heavy atom. The summed E-state index contributed by atoms with van der Waals surface area (Å²) in [6.07, 6.45) is 0. The molecule has 1 unspecified atom stereocenters. The summed E-state index contributed by atoms with van der Waals surface area (Å²) >= 11 is -2.26. The number of rotatable bonds is 9. The normalized spacial score (nSPS) is 13.1. The lowest BCUT2D eigenvalue weighted by Crippen LogP contribution is -2.50. The van der Waals surface area contributed by atoms with Gasteiger partial charge >= 0.3 is 5.97 Å². The fourth-order valence-corrected chi connectivity index (χ4v) is 3.93. The second-order valence-corrected chi connectivity index (χ2v) is 10.1. The molecule has 0 aliphatic carbocycles. The highest BCUT2D eigenvalue weighted by molar-refractivity contribution is 7.94. The third-order valence-electron chi connectivity index (χ3n) is 4.84. The lowest BCUT2D eigenvalue weighted by molar-refractivity contribution is 0.0694. The lowest BCUT2D eigenvalue weighted by atomic mass is 10.2. The highest BCUT2D eigenvalue weighted by Crippen LogP contribution is 2.18. The molecule has 0 aromatic heterocycles. The van der Waals surface area contributed by atoms with Gasteiger partial charge in [-0.15, -0.1) is 0 Å². The van der Waals surface area contributed by atoms with Crippen LogP contribution in [0.15, 0.2) is 97.9 Å². The van der Waals surface area contributed by atoms with E-state index >= 15 is 0 Å². The molecular formula is C23H18N4O8S2. The minimum atomic E-state index is -3.65. The van der Waals surface area contributed by atoms with Crippen molar-refractivity contribution >= 4 is 43.2 Å². The van der Waals surface area contributed by atoms with Gasteiger partial charge in [-0.25, -0.2) is 17.4 Å². The van der Waals surface area contributed by atoms with Crippen molar-refractivity contribution in [2.45, 2.75) is 4.90 Å². The molecule has 0 fully saturated rings. The zero-order chi connectivity index (χ0) is 27.3. The van der Waals surface area contributed by atoms with Gasteiger partial charge < -0.3 is 9.66 Å². The number of carboxylic acids is 1. The van der Waals surface area contributed by atoms with Crippen LogP contribution in [-0.4, -0.2) is 28.3 Å². The predicted molar refractivity (Wildman–Crippen MR) is 137 cm³/mol. The molecule has 14 heteroatoms. The Labute approximate surface area is 211 Å². The summed E-state index contributed by atoms with van der Waals surface area (Å²) in [6.45, 7) is 6.72. The van der Waals surface area contributed by atoms with Gasteiger partial charge in [0.1, 0.15) is 5.36 Å². The predicted octanol–water partition coefficient (Wildman–Crippen LogP) is 0.946. The van der Waals surface area contributed by atoms with E-state index in [-0.39, 0.29) is 15.5 Å². The maximum Gasteiger partial charge on any atom is 0.338 e. The second kappa shape index (κ2) is 11.0. The van der Waals surface area contributed by atoms with Crippen molar-refractivity contribution in [2.75, 3.05) is 10.9 Å². The van der Waals surface area contributed by atoms with Crippen LogP contribution in [0.2, 0.25) is 0 Å². The van der Waals surface area contributed by atoms with E-state index in [1.807, 2.05) is 0 Å². The average molecular weight is 543 g/mol. The van der Waals surface area contributed by atoms with Gasteiger partial charge in [-0.1, -0.05) is 25.3 Å². The third kappa shape index (κ3) is 6.19. The molecule has 0 bridgehead atoms. The summed E-state index contributed by atoms with van der Waals surface area (Å²) in [5.74, 6) is -1.56. The van der Waals surface area contributed by atoms with Crippen LogP contribution >= 0.6 is 0 Å². The van der Waals surface area contributed by atoms with Crippen LogP contribution in [0.1, 0.15) is 15.9 Å². The Morgan fingerprint density at radius 2 is 1.46 bits per heavy atom. The minimum absolute atomic E-state index is 0.0259. The number of sulfone groups is 1. The molecule has 0 heterocycles. The maximum atomic E-state index is 12.9. The van der Waals surface area contributed by atoms with Crippen molar-refractivity contribution in [2.24, 2.45) is 10.2 Å². The standard InChI is InChI=1S/C23H18N4O8S2/c1-3-37(34,35)17-10-8-16(9-11-17)25-27-21-19(28)12-18(23(30)31)20(22(21)29)26-24-15-6-4-14(5-7-15)13(2)36(32)33/h3-12,24-25H,1-2H2,(H,30,31)(H,32,33). The van der Waals surface area contributed by atoms with Gasteiger partial charge in [0.2, 0.25) is 10.9 Å². The first kappa shape index (κ1) is 27.1. The number of nitrogens with one attached hydrogen (secondary N) is 2. The quantitative estimate of drug-likeness (QED) is 0.223. The first-order valence-electron chi connectivity index (χ1n) is 10.0. The van der Waals surface area contributed by atoms with Gasteiger partial charge in [-0.05, 0) is 42.0 Å². The van der Waals surface area contributed by atoms with Crippen LogP contribution in [-0.2, 0) is 20.9 Å². The van der Waals surface area contributed by atoms with E-state index in [1.54, 1.807) is 0 Å². The summed E-state index contributed by atoms with van der Waals surface area (Å²) in [6, 6.07) is 11.7. The average Bonchev–Trinajstić information content (AvgIpc) is 2.87. The number of anilines is 2. The largest absolute Gasteiger partial charge is 0.478 e. The minimum Gasteiger partial charge on any atom is -0.478 e. The highest BCUT2D eigenvalue weighted by atomic mass is 32.2. The topological polar surface area (TPSA) is 192 Å². The molecule has 190 valence electrons. The Morgan fingerprint density at radius 3 is 1.95 bits per heavy atom. The fourth-order valence-electron chi connectivity index (χ4n) is 2.88. The zero-order valence-electron chi connectivity index (χ0n) is 18.7. The fraction of sp³-hybridized carbons (Fsp3) is 0. The number of aromatic carboxylic acids is 1. The molecule has 4 N–H and O–H groups in total. The number of nitrogens with zero attached hydrogens (tertiary/aromatic N) is 2. The molecule has 0 aliphatic heterocycles. The molecule has 1 atom stereocenters. The van der Waals surface area contributed by atoms with E-state index in [1.165, 1.54) is 48.5 Å². The van der Waals surface area contributed by atoms with Crippen LogP contribution in [0.5, 0.6) is 0 Å². The van der Waals surface area contributed by atoms with Crippen molar-refractivity contribution in [1.29, 1.82) is 0 Å². The smallest absolute Gasteiger partial charge is 0.338 e.